The summed E-state index contributed by atoms with van der Waals surface area (Å²) in [5.41, 5.74) is 0.491. The van der Waals surface area contributed by atoms with Crippen molar-refractivity contribution in [2.24, 2.45) is 0 Å². The van der Waals surface area contributed by atoms with Gasteiger partial charge in [0.05, 0.1) is 0 Å². The molecule has 2 rings (SSSR count). The van der Waals surface area contributed by atoms with E-state index in [2.05, 4.69) is 6.08 Å². The maximum absolute atomic E-state index is 13.0. The number of rotatable bonds is 1. The van der Waals surface area contributed by atoms with Gasteiger partial charge in [-0.3, -0.25) is 0 Å². The minimum atomic E-state index is -4.27. The molecule has 1 radical (unpaired) electrons. The monoisotopic (exact) mass is 298 g/mol. The van der Waals surface area contributed by atoms with E-state index in [4.69, 9.17) is 0 Å². The summed E-state index contributed by atoms with van der Waals surface area (Å²) in [6.45, 7) is 0. The Balaban J connectivity index is 0.00000162. The van der Waals surface area contributed by atoms with E-state index in [1.54, 1.807) is 12.2 Å². The largest absolute Gasteiger partial charge is 0.370 e. The molecule has 2 aliphatic carbocycles. The van der Waals surface area contributed by atoms with Gasteiger partial charge in [0.15, 0.2) is 0 Å². The topological polar surface area (TPSA) is 0 Å². The second kappa shape index (κ2) is 6.43. The van der Waals surface area contributed by atoms with Crippen molar-refractivity contribution >= 4 is 0 Å². The smallest absolute Gasteiger partial charge is 0.200 e. The Morgan fingerprint density at radius 1 is 1.17 bits per heavy atom. The minimum absolute atomic E-state index is 0. The minimum Gasteiger partial charge on any atom is -0.200 e. The maximum atomic E-state index is 13.0. The van der Waals surface area contributed by atoms with Crippen molar-refractivity contribution in [3.8, 4) is 0 Å². The van der Waals surface area contributed by atoms with Gasteiger partial charge in [-0.15, -0.1) is 17.7 Å². The van der Waals surface area contributed by atoms with Gasteiger partial charge >= 0.3 is 6.18 Å². The SMILES string of the molecule is FC(F)(F)C1=CCCCC[C-]=C1C1=CC=CC1.[Co]. The van der Waals surface area contributed by atoms with Gasteiger partial charge in [-0.1, -0.05) is 43.4 Å². The second-order valence-electron chi connectivity index (χ2n) is 4.24. The molecule has 0 amide bonds. The van der Waals surface area contributed by atoms with Crippen LogP contribution in [0.2, 0.25) is 0 Å². The first-order valence-corrected chi connectivity index (χ1v) is 5.83. The zero-order valence-electron chi connectivity index (χ0n) is 9.81. The molecule has 101 valence electrons. The van der Waals surface area contributed by atoms with Gasteiger partial charge in [-0.05, 0) is 6.42 Å². The molecule has 0 spiro atoms. The summed E-state index contributed by atoms with van der Waals surface area (Å²) < 4.78 is 38.9. The Bertz CT molecular complexity index is 411. The van der Waals surface area contributed by atoms with Gasteiger partial charge in [0.25, 0.3) is 0 Å². The van der Waals surface area contributed by atoms with E-state index in [0.29, 0.717) is 19.3 Å². The average Bonchev–Trinajstić information content (AvgIpc) is 2.67. The predicted octanol–water partition coefficient (Wildman–Crippen LogP) is 4.66. The van der Waals surface area contributed by atoms with Crippen molar-refractivity contribution in [1.82, 2.24) is 0 Å². The van der Waals surface area contributed by atoms with Crippen LogP contribution < -0.4 is 0 Å². The molecule has 0 unspecified atom stereocenters. The van der Waals surface area contributed by atoms with E-state index in [-0.39, 0.29) is 22.4 Å². The molecular formula is C14H14CoF3-. The van der Waals surface area contributed by atoms with Gasteiger partial charge in [0, 0.05) is 16.8 Å². The molecule has 0 aromatic heterocycles. The first-order chi connectivity index (χ1) is 8.09. The summed E-state index contributed by atoms with van der Waals surface area (Å²) in [6.07, 6.45) is 8.82. The normalized spacial score (nSPS) is 20.3. The van der Waals surface area contributed by atoms with Crippen LogP contribution in [0, 0.1) is 6.08 Å². The zero-order valence-corrected chi connectivity index (χ0v) is 10.9. The van der Waals surface area contributed by atoms with Gasteiger partial charge < -0.3 is 0 Å². The molecule has 0 saturated heterocycles. The van der Waals surface area contributed by atoms with E-state index >= 15 is 0 Å². The Morgan fingerprint density at radius 2 is 1.94 bits per heavy atom. The van der Waals surface area contributed by atoms with Crippen LogP contribution >= 0.6 is 0 Å². The molecule has 0 heterocycles. The van der Waals surface area contributed by atoms with Crippen LogP contribution in [-0.2, 0) is 16.8 Å². The Labute approximate surface area is 116 Å². The second-order valence-corrected chi connectivity index (χ2v) is 4.24. The van der Waals surface area contributed by atoms with Gasteiger partial charge in [-0.2, -0.15) is 18.7 Å². The molecule has 2 aliphatic rings. The summed E-state index contributed by atoms with van der Waals surface area (Å²) in [4.78, 5) is 0. The molecule has 0 nitrogen and oxygen atoms in total. The third-order valence-electron chi connectivity index (χ3n) is 2.95. The first-order valence-electron chi connectivity index (χ1n) is 5.83. The maximum Gasteiger partial charge on any atom is 0.370 e. The van der Waals surface area contributed by atoms with Crippen molar-refractivity contribution in [3.63, 3.8) is 0 Å². The molecule has 18 heavy (non-hydrogen) atoms. The van der Waals surface area contributed by atoms with Gasteiger partial charge in [0.1, 0.15) is 0 Å². The Kier molecular flexibility index (Phi) is 5.47. The van der Waals surface area contributed by atoms with E-state index in [9.17, 15) is 13.2 Å². The molecule has 4 heteroatoms. The molecule has 0 bridgehead atoms. The summed E-state index contributed by atoms with van der Waals surface area (Å²) in [5.74, 6) is 0. The summed E-state index contributed by atoms with van der Waals surface area (Å²) in [6, 6.07) is 0. The first kappa shape index (κ1) is 15.3. The summed E-state index contributed by atoms with van der Waals surface area (Å²) in [5, 5.41) is 0. The summed E-state index contributed by atoms with van der Waals surface area (Å²) in [7, 11) is 0. The van der Waals surface area contributed by atoms with Crippen molar-refractivity contribution in [1.29, 1.82) is 0 Å². The molecule has 0 N–H and O–H groups in total. The molecule has 0 fully saturated rings. The molecule has 0 atom stereocenters. The van der Waals surface area contributed by atoms with Crippen LogP contribution in [0.25, 0.3) is 0 Å². The molecular weight excluding hydrogens is 284 g/mol. The fourth-order valence-corrected chi connectivity index (χ4v) is 2.10. The van der Waals surface area contributed by atoms with Crippen molar-refractivity contribution in [2.75, 3.05) is 0 Å². The average molecular weight is 298 g/mol. The third-order valence-corrected chi connectivity index (χ3v) is 2.95. The van der Waals surface area contributed by atoms with Gasteiger partial charge in [-0.25, -0.2) is 6.08 Å². The van der Waals surface area contributed by atoms with Crippen molar-refractivity contribution in [2.45, 2.75) is 38.3 Å². The van der Waals surface area contributed by atoms with Crippen LogP contribution in [0.1, 0.15) is 32.1 Å². The fourth-order valence-electron chi connectivity index (χ4n) is 2.10. The van der Waals surface area contributed by atoms with Crippen molar-refractivity contribution in [3.05, 3.63) is 47.1 Å². The Hall–Kier alpha value is -0.744. The van der Waals surface area contributed by atoms with Crippen LogP contribution in [0.5, 0.6) is 0 Å². The van der Waals surface area contributed by atoms with E-state index < -0.39 is 11.7 Å². The van der Waals surface area contributed by atoms with Crippen LogP contribution in [-0.4, -0.2) is 6.18 Å². The van der Waals surface area contributed by atoms with E-state index in [0.717, 1.165) is 18.4 Å². The third kappa shape index (κ3) is 3.62. The number of halogens is 3. The quantitative estimate of drug-likeness (QED) is 0.617. The van der Waals surface area contributed by atoms with Crippen LogP contribution in [0.15, 0.2) is 41.0 Å². The number of hydrogen-bond acceptors (Lipinski definition) is 0. The van der Waals surface area contributed by atoms with Crippen molar-refractivity contribution < 1.29 is 30.0 Å². The molecule has 0 aromatic carbocycles. The molecule has 0 aromatic rings. The fraction of sp³-hybridized carbons (Fsp3) is 0.429. The molecule has 0 aliphatic heterocycles. The van der Waals surface area contributed by atoms with Crippen LogP contribution in [0.4, 0.5) is 13.2 Å². The summed E-state index contributed by atoms with van der Waals surface area (Å²) >= 11 is 0. The van der Waals surface area contributed by atoms with E-state index in [1.165, 1.54) is 6.08 Å². The number of alkyl halides is 3. The standard InChI is InChI=1S/C14H14F3.Co/c15-14(16,17)13-10-4-2-1-3-9-12(13)11-7-5-6-8-11;/h5-7,10H,1-4,8H2;/q-1;. The Morgan fingerprint density at radius 3 is 2.56 bits per heavy atom. The van der Waals surface area contributed by atoms with E-state index in [1.807, 2.05) is 6.08 Å². The number of hydrogen-bond donors (Lipinski definition) is 0. The zero-order chi connectivity index (χ0) is 12.3. The van der Waals surface area contributed by atoms with Crippen LogP contribution in [0.3, 0.4) is 0 Å². The van der Waals surface area contributed by atoms with Gasteiger partial charge in [0.2, 0.25) is 0 Å². The predicted molar refractivity (Wildman–Crippen MR) is 61.2 cm³/mol. The number of allylic oxidation sites excluding steroid dienone is 8. The molecule has 0 saturated carbocycles.